The lowest BCUT2D eigenvalue weighted by atomic mass is 10.2. The summed E-state index contributed by atoms with van der Waals surface area (Å²) in [5.41, 5.74) is 0.793. The maximum absolute atomic E-state index is 12.8. The molecule has 0 aliphatic carbocycles. The van der Waals surface area contributed by atoms with Crippen molar-refractivity contribution in [2.45, 2.75) is 13.0 Å². The van der Waals surface area contributed by atoms with Crippen molar-refractivity contribution in [2.75, 3.05) is 19.8 Å². The molecule has 0 aliphatic rings. The highest BCUT2D eigenvalue weighted by molar-refractivity contribution is 5.77. The van der Waals surface area contributed by atoms with E-state index < -0.39 is 4.92 Å². The topological polar surface area (TPSA) is 90.7 Å². The Kier molecular flexibility index (Phi) is 7.50. The van der Waals surface area contributed by atoms with Crippen molar-refractivity contribution >= 4 is 11.6 Å². The number of hydrogen-bond donors (Lipinski definition) is 1. The summed E-state index contributed by atoms with van der Waals surface area (Å²) in [6.45, 7) is 0.942. The zero-order valence-electron chi connectivity index (χ0n) is 14.0. The molecular formula is C18H19FN2O5. The monoisotopic (exact) mass is 362 g/mol. The standard InChI is InChI=1S/C18H19FN2O5/c19-15-4-2-14(3-5-15)12-25-13-18(22)20-10-1-11-26-17-8-6-16(7-9-17)21(23)24/h2-9H,1,10-13H2,(H,20,22). The number of hydrogen-bond acceptors (Lipinski definition) is 5. The number of carbonyl (C=O) groups excluding carboxylic acids is 1. The van der Waals surface area contributed by atoms with Gasteiger partial charge in [0.2, 0.25) is 5.91 Å². The van der Waals surface area contributed by atoms with E-state index in [0.717, 1.165) is 5.56 Å². The fraction of sp³-hybridized carbons (Fsp3) is 0.278. The van der Waals surface area contributed by atoms with Crippen molar-refractivity contribution in [3.05, 3.63) is 70.0 Å². The highest BCUT2D eigenvalue weighted by atomic mass is 19.1. The molecule has 0 bridgehead atoms. The van der Waals surface area contributed by atoms with E-state index in [-0.39, 0.29) is 30.6 Å². The van der Waals surface area contributed by atoms with Crippen LogP contribution in [0.4, 0.5) is 10.1 Å². The first-order chi connectivity index (χ1) is 12.5. The SMILES string of the molecule is O=C(COCc1ccc(F)cc1)NCCCOc1ccc([N+](=O)[O-])cc1. The Morgan fingerprint density at radius 1 is 1.12 bits per heavy atom. The zero-order valence-corrected chi connectivity index (χ0v) is 14.0. The minimum absolute atomic E-state index is 0.00486. The molecule has 2 rings (SSSR count). The van der Waals surface area contributed by atoms with Gasteiger partial charge in [0.25, 0.3) is 5.69 Å². The van der Waals surface area contributed by atoms with E-state index in [1.807, 2.05) is 0 Å². The van der Waals surface area contributed by atoms with Gasteiger partial charge in [0, 0.05) is 18.7 Å². The molecule has 0 heterocycles. The predicted molar refractivity (Wildman–Crippen MR) is 92.3 cm³/mol. The molecule has 0 fully saturated rings. The minimum atomic E-state index is -0.475. The van der Waals surface area contributed by atoms with Gasteiger partial charge in [0.15, 0.2) is 0 Å². The molecule has 1 amide bonds. The van der Waals surface area contributed by atoms with Crippen molar-refractivity contribution < 1.29 is 23.6 Å². The first kappa shape index (κ1) is 19.3. The maximum atomic E-state index is 12.8. The van der Waals surface area contributed by atoms with E-state index in [9.17, 15) is 19.3 Å². The molecule has 0 radical (unpaired) electrons. The van der Waals surface area contributed by atoms with Crippen LogP contribution >= 0.6 is 0 Å². The van der Waals surface area contributed by atoms with Crippen LogP contribution < -0.4 is 10.1 Å². The Morgan fingerprint density at radius 3 is 2.46 bits per heavy atom. The molecule has 0 aromatic heterocycles. The molecule has 138 valence electrons. The summed E-state index contributed by atoms with van der Waals surface area (Å²) in [7, 11) is 0. The van der Waals surface area contributed by atoms with Crippen molar-refractivity contribution in [3.63, 3.8) is 0 Å². The number of ether oxygens (including phenoxy) is 2. The Hall–Kier alpha value is -3.00. The van der Waals surface area contributed by atoms with E-state index in [2.05, 4.69) is 5.32 Å². The van der Waals surface area contributed by atoms with E-state index >= 15 is 0 Å². The molecule has 0 spiro atoms. The average molecular weight is 362 g/mol. The second-order valence-electron chi connectivity index (χ2n) is 5.42. The summed E-state index contributed by atoms with van der Waals surface area (Å²) in [5.74, 6) is -0.0329. The second-order valence-corrected chi connectivity index (χ2v) is 5.42. The third-order valence-corrected chi connectivity index (χ3v) is 3.37. The van der Waals surface area contributed by atoms with Gasteiger partial charge in [-0.2, -0.15) is 0 Å². The van der Waals surface area contributed by atoms with Crippen LogP contribution in [0.25, 0.3) is 0 Å². The van der Waals surface area contributed by atoms with Crippen LogP contribution in [0.5, 0.6) is 5.75 Å². The third kappa shape index (κ3) is 6.86. The van der Waals surface area contributed by atoms with Gasteiger partial charge < -0.3 is 14.8 Å². The number of benzene rings is 2. The van der Waals surface area contributed by atoms with Gasteiger partial charge in [0.1, 0.15) is 18.2 Å². The smallest absolute Gasteiger partial charge is 0.269 e. The third-order valence-electron chi connectivity index (χ3n) is 3.37. The summed E-state index contributed by atoms with van der Waals surface area (Å²) < 4.78 is 23.4. The lowest BCUT2D eigenvalue weighted by Gasteiger charge is -2.08. The van der Waals surface area contributed by atoms with Gasteiger partial charge in [-0.05, 0) is 36.2 Å². The van der Waals surface area contributed by atoms with E-state index in [1.54, 1.807) is 12.1 Å². The fourth-order valence-electron chi connectivity index (χ4n) is 2.05. The lowest BCUT2D eigenvalue weighted by molar-refractivity contribution is -0.384. The first-order valence-corrected chi connectivity index (χ1v) is 8.01. The van der Waals surface area contributed by atoms with Crippen molar-refractivity contribution in [1.82, 2.24) is 5.32 Å². The Balaban J connectivity index is 1.54. The zero-order chi connectivity index (χ0) is 18.8. The maximum Gasteiger partial charge on any atom is 0.269 e. The highest BCUT2D eigenvalue weighted by Gasteiger charge is 2.05. The van der Waals surface area contributed by atoms with Gasteiger partial charge in [-0.3, -0.25) is 14.9 Å². The van der Waals surface area contributed by atoms with Gasteiger partial charge >= 0.3 is 0 Å². The lowest BCUT2D eigenvalue weighted by Crippen LogP contribution is -2.29. The van der Waals surface area contributed by atoms with Gasteiger partial charge in [-0.1, -0.05) is 12.1 Å². The molecular weight excluding hydrogens is 343 g/mol. The number of nitro groups is 1. The van der Waals surface area contributed by atoms with E-state index in [0.29, 0.717) is 25.3 Å². The van der Waals surface area contributed by atoms with Crippen LogP contribution in [0.1, 0.15) is 12.0 Å². The van der Waals surface area contributed by atoms with Crippen LogP contribution in [0.3, 0.4) is 0 Å². The number of nitro benzene ring substituents is 1. The number of non-ortho nitro benzene ring substituents is 1. The molecule has 0 saturated heterocycles. The highest BCUT2D eigenvalue weighted by Crippen LogP contribution is 2.17. The summed E-state index contributed by atoms with van der Waals surface area (Å²) in [6.07, 6.45) is 0.584. The Bertz CT molecular complexity index is 719. The normalized spacial score (nSPS) is 10.3. The van der Waals surface area contributed by atoms with Crippen molar-refractivity contribution in [2.24, 2.45) is 0 Å². The summed E-state index contributed by atoms with van der Waals surface area (Å²) in [5, 5.41) is 13.2. The Morgan fingerprint density at radius 2 is 1.81 bits per heavy atom. The number of nitrogens with one attached hydrogen (secondary N) is 1. The summed E-state index contributed by atoms with van der Waals surface area (Å²) >= 11 is 0. The molecule has 0 aliphatic heterocycles. The molecule has 8 heteroatoms. The molecule has 26 heavy (non-hydrogen) atoms. The molecule has 0 unspecified atom stereocenters. The molecule has 0 saturated carbocycles. The van der Waals surface area contributed by atoms with Crippen molar-refractivity contribution in [1.29, 1.82) is 0 Å². The molecule has 2 aromatic rings. The van der Waals surface area contributed by atoms with Crippen LogP contribution in [0.15, 0.2) is 48.5 Å². The molecule has 1 N–H and O–H groups in total. The summed E-state index contributed by atoms with van der Waals surface area (Å²) in [4.78, 5) is 21.7. The van der Waals surface area contributed by atoms with E-state index in [4.69, 9.17) is 9.47 Å². The van der Waals surface area contributed by atoms with Gasteiger partial charge in [-0.15, -0.1) is 0 Å². The number of amides is 1. The number of carbonyl (C=O) groups is 1. The Labute approximate surface area is 149 Å². The largest absolute Gasteiger partial charge is 0.494 e. The van der Waals surface area contributed by atoms with Gasteiger partial charge in [-0.25, -0.2) is 4.39 Å². The fourth-order valence-corrected chi connectivity index (χ4v) is 2.05. The quantitative estimate of drug-likeness (QED) is 0.399. The number of rotatable bonds is 10. The minimum Gasteiger partial charge on any atom is -0.494 e. The summed E-state index contributed by atoms with van der Waals surface area (Å²) in [6, 6.07) is 11.7. The molecule has 0 atom stereocenters. The molecule has 7 nitrogen and oxygen atoms in total. The average Bonchev–Trinajstić information content (AvgIpc) is 2.63. The second kappa shape index (κ2) is 10.1. The van der Waals surface area contributed by atoms with Crippen LogP contribution in [0.2, 0.25) is 0 Å². The first-order valence-electron chi connectivity index (χ1n) is 8.01. The van der Waals surface area contributed by atoms with Gasteiger partial charge in [0.05, 0.1) is 18.1 Å². The predicted octanol–water partition coefficient (Wildman–Crippen LogP) is 2.84. The van der Waals surface area contributed by atoms with Crippen LogP contribution in [-0.2, 0) is 16.1 Å². The van der Waals surface area contributed by atoms with E-state index in [1.165, 1.54) is 36.4 Å². The van der Waals surface area contributed by atoms with Crippen molar-refractivity contribution in [3.8, 4) is 5.75 Å². The number of nitrogens with zero attached hydrogens (tertiary/aromatic N) is 1. The van der Waals surface area contributed by atoms with Crippen LogP contribution in [-0.4, -0.2) is 30.6 Å². The van der Waals surface area contributed by atoms with Crippen LogP contribution in [0, 0.1) is 15.9 Å². The number of halogens is 1. The molecule has 2 aromatic carbocycles.